The maximum Gasteiger partial charge on any atom is 0.248 e. The minimum atomic E-state index is -0.131. The van der Waals surface area contributed by atoms with E-state index in [9.17, 15) is 9.59 Å². The third-order valence-electron chi connectivity index (χ3n) is 4.79. The third kappa shape index (κ3) is 2.94. The molecule has 26 heavy (non-hydrogen) atoms. The minimum Gasteiger partial charge on any atom is -0.310 e. The van der Waals surface area contributed by atoms with E-state index in [1.54, 1.807) is 10.7 Å². The smallest absolute Gasteiger partial charge is 0.248 e. The first kappa shape index (κ1) is 17.0. The molecule has 4 rings (SSSR count). The van der Waals surface area contributed by atoms with E-state index in [1.807, 2.05) is 36.1 Å². The normalized spacial score (nSPS) is 13.7. The van der Waals surface area contributed by atoms with Crippen molar-refractivity contribution in [2.75, 3.05) is 11.4 Å². The highest BCUT2D eigenvalue weighted by atomic mass is 79.9. The van der Waals surface area contributed by atoms with Crippen molar-refractivity contribution in [1.29, 1.82) is 0 Å². The minimum absolute atomic E-state index is 0.0160. The lowest BCUT2D eigenvalue weighted by atomic mass is 9.98. The molecule has 0 N–H and O–H groups in total. The number of nitrogens with zero attached hydrogens (tertiary/aromatic N) is 3. The number of aromatic nitrogens is 2. The monoisotopic (exact) mass is 411 g/mol. The summed E-state index contributed by atoms with van der Waals surface area (Å²) in [6, 6.07) is 11.4. The van der Waals surface area contributed by atoms with Gasteiger partial charge in [-0.05, 0) is 55.2 Å². The number of rotatable bonds is 2. The second kappa shape index (κ2) is 6.68. The molecular weight excluding hydrogens is 394 g/mol. The van der Waals surface area contributed by atoms with Crippen molar-refractivity contribution >= 4 is 38.4 Å². The average Bonchev–Trinajstić information content (AvgIpc) is 2.63. The van der Waals surface area contributed by atoms with Crippen molar-refractivity contribution in [3.8, 4) is 0 Å². The Labute approximate surface area is 159 Å². The fraction of sp³-hybridized carbons (Fsp3) is 0.250. The summed E-state index contributed by atoms with van der Waals surface area (Å²) in [4.78, 5) is 26.9. The average molecular weight is 412 g/mol. The van der Waals surface area contributed by atoms with Gasteiger partial charge in [-0.1, -0.05) is 28.1 Å². The van der Waals surface area contributed by atoms with Crippen LogP contribution in [0.4, 0.5) is 5.69 Å². The van der Waals surface area contributed by atoms with Gasteiger partial charge in [0.25, 0.3) is 0 Å². The van der Waals surface area contributed by atoms with Crippen LogP contribution < -0.4 is 10.3 Å². The van der Waals surface area contributed by atoms with Crippen LogP contribution in [0.15, 0.2) is 51.9 Å². The van der Waals surface area contributed by atoms with Crippen LogP contribution in [0.1, 0.15) is 17.5 Å². The Morgan fingerprint density at radius 1 is 1.27 bits per heavy atom. The van der Waals surface area contributed by atoms with Crippen molar-refractivity contribution in [3.63, 3.8) is 0 Å². The summed E-state index contributed by atoms with van der Waals surface area (Å²) in [5.74, 6) is -0.0160. The zero-order valence-electron chi connectivity index (χ0n) is 14.4. The summed E-state index contributed by atoms with van der Waals surface area (Å²) in [6.45, 7) is 2.84. The number of carbonyl (C=O) groups excluding carboxylic acids is 1. The number of anilines is 1. The van der Waals surface area contributed by atoms with E-state index >= 15 is 0 Å². The molecule has 0 saturated heterocycles. The Hall–Kier alpha value is -2.47. The zero-order valence-corrected chi connectivity index (χ0v) is 16.0. The summed E-state index contributed by atoms with van der Waals surface area (Å²) < 4.78 is 2.65. The summed E-state index contributed by atoms with van der Waals surface area (Å²) in [5.41, 5.74) is 3.83. The Bertz CT molecular complexity index is 1070. The molecule has 0 spiro atoms. The van der Waals surface area contributed by atoms with Gasteiger partial charge in [-0.2, -0.15) is 5.10 Å². The van der Waals surface area contributed by atoms with Crippen LogP contribution in [0, 0.1) is 6.92 Å². The van der Waals surface area contributed by atoms with Gasteiger partial charge in [-0.25, -0.2) is 0 Å². The Morgan fingerprint density at radius 2 is 2.08 bits per heavy atom. The molecule has 0 radical (unpaired) electrons. The molecule has 1 aliphatic heterocycles. The zero-order chi connectivity index (χ0) is 18.3. The molecule has 3 aromatic rings. The van der Waals surface area contributed by atoms with Gasteiger partial charge in [0.1, 0.15) is 6.54 Å². The van der Waals surface area contributed by atoms with E-state index in [2.05, 4.69) is 27.1 Å². The number of fused-ring (bicyclic) bond motifs is 2. The highest BCUT2D eigenvalue weighted by molar-refractivity contribution is 9.10. The van der Waals surface area contributed by atoms with Gasteiger partial charge in [0.15, 0.2) is 0 Å². The molecule has 0 saturated carbocycles. The molecule has 0 atom stereocenters. The lowest BCUT2D eigenvalue weighted by molar-refractivity contribution is -0.119. The van der Waals surface area contributed by atoms with E-state index < -0.39 is 0 Å². The molecule has 0 unspecified atom stereocenters. The Morgan fingerprint density at radius 3 is 2.92 bits per heavy atom. The number of hydrogen-bond donors (Lipinski definition) is 0. The molecule has 1 aliphatic rings. The molecule has 6 heteroatoms. The fourth-order valence-corrected chi connectivity index (χ4v) is 4.29. The number of amides is 1. The van der Waals surface area contributed by atoms with E-state index in [0.717, 1.165) is 28.6 Å². The van der Waals surface area contributed by atoms with Crippen LogP contribution in [0.25, 0.3) is 10.9 Å². The molecule has 0 fully saturated rings. The number of aryl methyl sites for hydroxylation is 2. The molecule has 1 aromatic heterocycles. The number of hydrogen-bond acceptors (Lipinski definition) is 3. The maximum absolute atomic E-state index is 13.1. The quantitative estimate of drug-likeness (QED) is 0.648. The van der Waals surface area contributed by atoms with Gasteiger partial charge >= 0.3 is 0 Å². The topological polar surface area (TPSA) is 55.2 Å². The lowest BCUT2D eigenvalue weighted by Gasteiger charge is -2.31. The maximum atomic E-state index is 13.1. The summed E-state index contributed by atoms with van der Waals surface area (Å²) in [6.07, 6.45) is 3.19. The van der Waals surface area contributed by atoms with Gasteiger partial charge in [-0.15, -0.1) is 0 Å². The second-order valence-corrected chi connectivity index (χ2v) is 7.48. The highest BCUT2D eigenvalue weighted by Gasteiger charge is 2.25. The molecule has 0 bridgehead atoms. The van der Waals surface area contributed by atoms with Crippen LogP contribution in [0.2, 0.25) is 0 Å². The number of carbonyl (C=O) groups is 1. The van der Waals surface area contributed by atoms with Gasteiger partial charge in [0.05, 0.1) is 11.7 Å². The molecule has 0 aliphatic carbocycles. The standard InChI is InChI=1S/C20H18BrN3O2/c1-13-9-15(21)10-14-5-4-8-23(20(13)14)19(26)12-24-17-7-3-2-6-16(17)18(25)11-22-24/h2-3,6-7,9-11H,4-5,8,12H2,1H3. The number of para-hydroxylation sites is 1. The molecule has 5 nitrogen and oxygen atoms in total. The third-order valence-corrected chi connectivity index (χ3v) is 5.25. The molecule has 2 aromatic carbocycles. The predicted octanol–water partition coefficient (Wildman–Crippen LogP) is 3.45. The van der Waals surface area contributed by atoms with Gasteiger partial charge in [-0.3, -0.25) is 14.3 Å². The number of halogens is 1. The first-order valence-corrected chi connectivity index (χ1v) is 9.38. The largest absolute Gasteiger partial charge is 0.310 e. The van der Waals surface area contributed by atoms with E-state index in [0.29, 0.717) is 17.4 Å². The van der Waals surface area contributed by atoms with Gasteiger partial charge in [0, 0.05) is 22.1 Å². The van der Waals surface area contributed by atoms with E-state index in [1.165, 1.54) is 11.8 Å². The molecule has 132 valence electrons. The van der Waals surface area contributed by atoms with Crippen molar-refractivity contribution < 1.29 is 4.79 Å². The molecule has 2 heterocycles. The van der Waals surface area contributed by atoms with Crippen LogP contribution in [-0.4, -0.2) is 22.2 Å². The van der Waals surface area contributed by atoms with Crippen LogP contribution in [0.5, 0.6) is 0 Å². The fourth-order valence-electron chi connectivity index (χ4n) is 3.67. The molecule has 1 amide bonds. The first-order valence-electron chi connectivity index (χ1n) is 8.59. The summed E-state index contributed by atoms with van der Waals surface area (Å²) >= 11 is 3.54. The summed E-state index contributed by atoms with van der Waals surface area (Å²) in [7, 11) is 0. The lowest BCUT2D eigenvalue weighted by Crippen LogP contribution is -2.38. The number of benzene rings is 2. The van der Waals surface area contributed by atoms with E-state index in [4.69, 9.17) is 0 Å². The van der Waals surface area contributed by atoms with Crippen LogP contribution in [-0.2, 0) is 17.8 Å². The van der Waals surface area contributed by atoms with Crippen molar-refractivity contribution in [2.45, 2.75) is 26.3 Å². The van der Waals surface area contributed by atoms with Crippen molar-refractivity contribution in [3.05, 3.63) is 68.4 Å². The van der Waals surface area contributed by atoms with Crippen molar-refractivity contribution in [2.24, 2.45) is 0 Å². The van der Waals surface area contributed by atoms with Crippen LogP contribution in [0.3, 0.4) is 0 Å². The second-order valence-electron chi connectivity index (χ2n) is 6.56. The first-order chi connectivity index (χ1) is 12.5. The van der Waals surface area contributed by atoms with Gasteiger partial charge in [0.2, 0.25) is 11.3 Å². The highest BCUT2D eigenvalue weighted by Crippen LogP contribution is 2.33. The SMILES string of the molecule is Cc1cc(Br)cc2c1N(C(=O)Cn1ncc(=O)c3ccccc31)CCC2. The van der Waals surface area contributed by atoms with Crippen molar-refractivity contribution in [1.82, 2.24) is 9.78 Å². The van der Waals surface area contributed by atoms with Crippen LogP contribution >= 0.6 is 15.9 Å². The summed E-state index contributed by atoms with van der Waals surface area (Å²) in [5, 5.41) is 4.76. The Balaban J connectivity index is 1.71. The molecular formula is C20H18BrN3O2. The van der Waals surface area contributed by atoms with E-state index in [-0.39, 0.29) is 17.9 Å². The predicted molar refractivity (Wildman–Crippen MR) is 106 cm³/mol. The van der Waals surface area contributed by atoms with Gasteiger partial charge < -0.3 is 4.90 Å². The Kier molecular flexibility index (Phi) is 4.36.